The number of aryl methyl sites for hydroxylation is 4. The minimum Gasteiger partial charge on any atom is -0.356 e. The highest BCUT2D eigenvalue weighted by molar-refractivity contribution is 6.07. The Kier molecular flexibility index (Phi) is 3.67. The molecule has 5 heteroatoms. The quantitative estimate of drug-likeness (QED) is 0.737. The zero-order valence-corrected chi connectivity index (χ0v) is 14.9. The van der Waals surface area contributed by atoms with Gasteiger partial charge in [-0.2, -0.15) is 0 Å². The molecule has 2 aromatic heterocycles. The number of rotatable bonds is 2. The van der Waals surface area contributed by atoms with Gasteiger partial charge in [-0.3, -0.25) is 14.0 Å². The summed E-state index contributed by atoms with van der Waals surface area (Å²) in [5, 5.41) is 0.585. The molecular formula is C19H21N3O2. The molecular weight excluding hydrogens is 302 g/mol. The number of carbonyl (C=O) groups is 2. The number of carbonyl (C=O) groups excluding carboxylic acids is 2. The van der Waals surface area contributed by atoms with Gasteiger partial charge in [0.2, 0.25) is 0 Å². The number of nitrogens with one attached hydrogen (secondary N) is 1. The molecule has 0 aliphatic rings. The van der Waals surface area contributed by atoms with E-state index >= 15 is 0 Å². The summed E-state index contributed by atoms with van der Waals surface area (Å²) in [6, 6.07) is 2.04. The van der Waals surface area contributed by atoms with Crippen LogP contribution >= 0.6 is 0 Å². The van der Waals surface area contributed by atoms with Crippen molar-refractivity contribution in [3.8, 4) is 0 Å². The van der Waals surface area contributed by atoms with E-state index in [2.05, 4.69) is 9.97 Å². The van der Waals surface area contributed by atoms with Crippen molar-refractivity contribution in [1.82, 2.24) is 14.4 Å². The molecule has 0 saturated heterocycles. The van der Waals surface area contributed by atoms with Crippen molar-refractivity contribution in [1.29, 1.82) is 0 Å². The number of nitrogens with zero attached hydrogens (tertiary/aromatic N) is 2. The van der Waals surface area contributed by atoms with E-state index in [-0.39, 0.29) is 11.6 Å². The molecule has 0 spiro atoms. The molecule has 0 bridgehead atoms. The molecule has 0 fully saturated rings. The van der Waals surface area contributed by atoms with E-state index in [9.17, 15) is 9.59 Å². The summed E-state index contributed by atoms with van der Waals surface area (Å²) in [6.45, 7) is 10.9. The van der Waals surface area contributed by atoms with Gasteiger partial charge in [-0.1, -0.05) is 0 Å². The van der Waals surface area contributed by atoms with Crippen LogP contribution in [0.5, 0.6) is 0 Å². The Bertz CT molecular complexity index is 1100. The molecule has 0 aliphatic carbocycles. The van der Waals surface area contributed by atoms with Gasteiger partial charge < -0.3 is 4.98 Å². The van der Waals surface area contributed by atoms with E-state index in [1.165, 1.54) is 19.9 Å². The molecule has 3 rings (SSSR count). The van der Waals surface area contributed by atoms with Crippen molar-refractivity contribution in [2.45, 2.75) is 41.5 Å². The lowest BCUT2D eigenvalue weighted by atomic mass is 10.1. The second kappa shape index (κ2) is 5.44. The highest BCUT2D eigenvalue weighted by atomic mass is 16.1. The molecule has 0 unspecified atom stereocenters. The minimum absolute atomic E-state index is 0.0871. The third kappa shape index (κ3) is 2.28. The van der Waals surface area contributed by atoms with E-state index in [1.54, 1.807) is 0 Å². The van der Waals surface area contributed by atoms with E-state index in [0.717, 1.165) is 39.2 Å². The number of ketones is 2. The Morgan fingerprint density at radius 3 is 2.42 bits per heavy atom. The predicted molar refractivity (Wildman–Crippen MR) is 95.2 cm³/mol. The molecule has 5 nitrogen and oxygen atoms in total. The first-order chi connectivity index (χ1) is 11.2. The number of imidazole rings is 1. The van der Waals surface area contributed by atoms with Crippen LogP contribution in [-0.2, 0) is 4.79 Å². The van der Waals surface area contributed by atoms with Gasteiger partial charge in [0, 0.05) is 11.8 Å². The first kappa shape index (κ1) is 16.2. The fourth-order valence-electron chi connectivity index (χ4n) is 3.36. The fourth-order valence-corrected chi connectivity index (χ4v) is 3.36. The maximum atomic E-state index is 12.3. The highest BCUT2D eigenvalue weighted by Gasteiger charge is 2.17. The zero-order chi connectivity index (χ0) is 17.8. The highest BCUT2D eigenvalue weighted by Crippen LogP contribution is 2.25. The second-order valence-electron chi connectivity index (χ2n) is 6.38. The Balaban J connectivity index is 2.82. The first-order valence-electron chi connectivity index (χ1n) is 7.93. The molecule has 0 atom stereocenters. The van der Waals surface area contributed by atoms with Gasteiger partial charge >= 0.3 is 0 Å². The summed E-state index contributed by atoms with van der Waals surface area (Å²) < 4.78 is 1.92. The molecule has 0 aliphatic heterocycles. The van der Waals surface area contributed by atoms with Gasteiger partial charge in [0.15, 0.2) is 11.6 Å². The number of benzene rings is 1. The van der Waals surface area contributed by atoms with Gasteiger partial charge in [0.05, 0.1) is 27.5 Å². The molecule has 124 valence electrons. The average Bonchev–Trinajstić information content (AvgIpc) is 2.70. The monoisotopic (exact) mass is 323 g/mol. The van der Waals surface area contributed by atoms with Crippen molar-refractivity contribution in [3.05, 3.63) is 39.6 Å². The van der Waals surface area contributed by atoms with Crippen molar-refractivity contribution in [3.63, 3.8) is 0 Å². The van der Waals surface area contributed by atoms with Crippen molar-refractivity contribution in [2.24, 2.45) is 0 Å². The van der Waals surface area contributed by atoms with Crippen molar-refractivity contribution in [2.75, 3.05) is 0 Å². The summed E-state index contributed by atoms with van der Waals surface area (Å²) >= 11 is 0. The molecule has 1 aromatic carbocycles. The minimum atomic E-state index is -0.106. The topological polar surface area (TPSA) is 67.2 Å². The maximum Gasteiger partial charge on any atom is 0.163 e. The van der Waals surface area contributed by atoms with Gasteiger partial charge in [-0.25, -0.2) is 4.98 Å². The van der Waals surface area contributed by atoms with Crippen molar-refractivity contribution < 1.29 is 9.59 Å². The summed E-state index contributed by atoms with van der Waals surface area (Å²) in [5.74, 6) is 0.556. The molecule has 3 aromatic rings. The normalized spacial score (nSPS) is 12.3. The lowest BCUT2D eigenvalue weighted by Gasteiger charge is -2.04. The first-order valence-corrected chi connectivity index (χ1v) is 7.93. The Hall–Kier alpha value is -2.69. The molecule has 0 saturated carbocycles. The largest absolute Gasteiger partial charge is 0.356 e. The summed E-state index contributed by atoms with van der Waals surface area (Å²) in [7, 11) is 0. The summed E-state index contributed by atoms with van der Waals surface area (Å²) in [4.78, 5) is 32.2. The lowest BCUT2D eigenvalue weighted by Crippen LogP contribution is -2.23. The van der Waals surface area contributed by atoms with Gasteiger partial charge in [0.25, 0.3) is 0 Å². The second-order valence-corrected chi connectivity index (χ2v) is 6.38. The molecule has 2 heterocycles. The zero-order valence-electron chi connectivity index (χ0n) is 14.9. The van der Waals surface area contributed by atoms with Crippen LogP contribution in [0, 0.1) is 27.7 Å². The van der Waals surface area contributed by atoms with Crippen molar-refractivity contribution >= 4 is 34.2 Å². The number of hydrogen-bond acceptors (Lipinski definition) is 3. The summed E-state index contributed by atoms with van der Waals surface area (Å²) in [5.41, 5.74) is 6.19. The maximum absolute atomic E-state index is 12.3. The predicted octanol–water partition coefficient (Wildman–Crippen LogP) is 2.90. The van der Waals surface area contributed by atoms with Crippen LogP contribution in [0.15, 0.2) is 6.07 Å². The van der Waals surface area contributed by atoms with Crippen LogP contribution < -0.4 is 5.35 Å². The standard InChI is InChI=1S/C19H21N3O2/c1-9-7-15-19-18(11(9)3)20-12(4)17(13(5)24)16(8-10(2)23)22(19)14(6)21-15/h7-8,20H,1-6H3/b16-8-. The van der Waals surface area contributed by atoms with Crippen LogP contribution in [0.2, 0.25) is 0 Å². The van der Waals surface area contributed by atoms with Crippen LogP contribution in [-0.4, -0.2) is 25.9 Å². The number of aromatic amines is 1. The number of H-pyrrole nitrogens is 1. The van der Waals surface area contributed by atoms with Crippen LogP contribution in [0.25, 0.3) is 22.6 Å². The van der Waals surface area contributed by atoms with Crippen LogP contribution in [0.4, 0.5) is 0 Å². The number of aromatic nitrogens is 3. The number of Topliss-reactive ketones (excluding diaryl/α,β-unsaturated/α-hetero) is 2. The van der Waals surface area contributed by atoms with E-state index in [1.807, 2.05) is 38.2 Å². The Labute approximate surface area is 140 Å². The third-order valence-electron chi connectivity index (χ3n) is 4.51. The van der Waals surface area contributed by atoms with E-state index in [4.69, 9.17) is 0 Å². The molecule has 24 heavy (non-hydrogen) atoms. The van der Waals surface area contributed by atoms with Gasteiger partial charge in [0.1, 0.15) is 5.82 Å². The number of hydrogen-bond donors (Lipinski definition) is 1. The SMILES string of the molecule is CC(=O)/C=c1/c(C(C)=O)c(C)[nH]c2c(C)c(C)cc3nc(C)n1c32. The fraction of sp³-hybridized carbons (Fsp3) is 0.316. The van der Waals surface area contributed by atoms with Crippen LogP contribution in [0.1, 0.15) is 46.9 Å². The lowest BCUT2D eigenvalue weighted by molar-refractivity contribution is -0.111. The van der Waals surface area contributed by atoms with E-state index < -0.39 is 0 Å². The Morgan fingerprint density at radius 1 is 1.17 bits per heavy atom. The molecule has 0 radical (unpaired) electrons. The smallest absolute Gasteiger partial charge is 0.163 e. The Morgan fingerprint density at radius 2 is 1.83 bits per heavy atom. The van der Waals surface area contributed by atoms with Gasteiger partial charge in [-0.15, -0.1) is 0 Å². The van der Waals surface area contributed by atoms with E-state index in [0.29, 0.717) is 10.9 Å². The van der Waals surface area contributed by atoms with Crippen LogP contribution in [0.3, 0.4) is 0 Å². The van der Waals surface area contributed by atoms with Gasteiger partial charge in [-0.05, 0) is 58.7 Å². The average molecular weight is 323 g/mol. The molecule has 0 amide bonds. The summed E-state index contributed by atoms with van der Waals surface area (Å²) in [6.07, 6.45) is 1.51. The third-order valence-corrected chi connectivity index (χ3v) is 4.51. The molecule has 1 N–H and O–H groups in total.